The van der Waals surface area contributed by atoms with E-state index in [0.717, 1.165) is 66.4 Å². The quantitative estimate of drug-likeness (QED) is 0.165. The maximum Gasteiger partial charge on any atom is 0.166 e. The van der Waals surface area contributed by atoms with Crippen LogP contribution < -0.4 is 0 Å². The van der Waals surface area contributed by atoms with E-state index in [1.54, 1.807) is 6.20 Å². The van der Waals surface area contributed by atoms with Gasteiger partial charge in [-0.2, -0.15) is 0 Å². The third-order valence-corrected chi connectivity index (χ3v) is 10.1. The molecule has 5 nitrogen and oxygen atoms in total. The average Bonchev–Trinajstić information content (AvgIpc) is 3.67. The lowest BCUT2D eigenvalue weighted by molar-refractivity contribution is 0.668. The summed E-state index contributed by atoms with van der Waals surface area (Å²) in [6, 6.07) is 62.8. The van der Waals surface area contributed by atoms with Crippen LogP contribution in [0.5, 0.6) is 0 Å². The van der Waals surface area contributed by atoms with Gasteiger partial charge in [0.25, 0.3) is 0 Å². The van der Waals surface area contributed by atoms with Crippen molar-refractivity contribution in [2.75, 3.05) is 0 Å². The Morgan fingerprint density at radius 1 is 0.309 bits per heavy atom. The smallest absolute Gasteiger partial charge is 0.166 e. The van der Waals surface area contributed by atoms with Crippen molar-refractivity contribution in [2.24, 2.45) is 0 Å². The zero-order valence-electron chi connectivity index (χ0n) is 29.7. The lowest BCUT2D eigenvalue weighted by atomic mass is 9.98. The van der Waals surface area contributed by atoms with Crippen LogP contribution in [0, 0.1) is 0 Å². The molecule has 7 aromatic carbocycles. The highest BCUT2D eigenvalue weighted by atomic mass is 16.3. The summed E-state index contributed by atoms with van der Waals surface area (Å²) in [5.41, 5.74) is 13.0. The van der Waals surface area contributed by atoms with Gasteiger partial charge in [0, 0.05) is 39.2 Å². The van der Waals surface area contributed by atoms with Gasteiger partial charge in [0.1, 0.15) is 5.58 Å². The molecular formula is C50H32N4O. The van der Waals surface area contributed by atoms with Crippen LogP contribution in [0.15, 0.2) is 199 Å². The van der Waals surface area contributed by atoms with Gasteiger partial charge in [-0.3, -0.25) is 4.98 Å². The molecule has 10 aromatic rings. The van der Waals surface area contributed by atoms with Crippen LogP contribution in [0.1, 0.15) is 0 Å². The Morgan fingerprint density at radius 2 is 0.727 bits per heavy atom. The van der Waals surface area contributed by atoms with Crippen molar-refractivity contribution in [1.29, 1.82) is 0 Å². The van der Waals surface area contributed by atoms with E-state index in [9.17, 15) is 0 Å². The second kappa shape index (κ2) is 13.8. The number of aromatic nitrogens is 4. The summed E-state index contributed by atoms with van der Waals surface area (Å²) >= 11 is 0. The molecule has 3 heterocycles. The molecule has 0 bridgehead atoms. The Bertz CT molecular complexity index is 2820. The number of pyridine rings is 1. The summed E-state index contributed by atoms with van der Waals surface area (Å²) in [5, 5.41) is 1.88. The molecular weight excluding hydrogens is 673 g/mol. The molecule has 5 heteroatoms. The number of hydrogen-bond donors (Lipinski definition) is 0. The van der Waals surface area contributed by atoms with Crippen molar-refractivity contribution in [3.8, 4) is 78.7 Å². The largest absolute Gasteiger partial charge is 0.454 e. The molecule has 55 heavy (non-hydrogen) atoms. The molecule has 0 saturated carbocycles. The SMILES string of the molecule is c1ccc(-c2ccc(-c3nc(-c4ccc(-c5ccccc5)cc4)nc(-c4cncc5oc6c(-c7ccc(-c8ccccc8)cc7)cccc6c45)n3)cc2)cc1. The second-order valence-electron chi connectivity index (χ2n) is 13.5. The van der Waals surface area contributed by atoms with E-state index in [0.29, 0.717) is 23.1 Å². The van der Waals surface area contributed by atoms with E-state index in [-0.39, 0.29) is 0 Å². The number of fused-ring (bicyclic) bond motifs is 3. The Kier molecular flexibility index (Phi) is 8.08. The van der Waals surface area contributed by atoms with Gasteiger partial charge in [0.05, 0.1) is 6.20 Å². The Balaban J connectivity index is 1.10. The lowest BCUT2D eigenvalue weighted by Crippen LogP contribution is -2.00. The van der Waals surface area contributed by atoms with Gasteiger partial charge in [0.15, 0.2) is 23.1 Å². The topological polar surface area (TPSA) is 64.7 Å². The van der Waals surface area contributed by atoms with Crippen LogP contribution in [0.2, 0.25) is 0 Å². The molecule has 258 valence electrons. The van der Waals surface area contributed by atoms with Crippen LogP contribution >= 0.6 is 0 Å². The highest BCUT2D eigenvalue weighted by molar-refractivity contribution is 6.14. The average molecular weight is 705 g/mol. The van der Waals surface area contributed by atoms with Gasteiger partial charge in [-0.1, -0.05) is 182 Å². The molecule has 0 aliphatic carbocycles. The Labute approximate surface area is 318 Å². The molecule has 0 atom stereocenters. The molecule has 0 aliphatic heterocycles. The fourth-order valence-electron chi connectivity index (χ4n) is 7.26. The fraction of sp³-hybridized carbons (Fsp3) is 0. The second-order valence-corrected chi connectivity index (χ2v) is 13.5. The first-order valence-corrected chi connectivity index (χ1v) is 18.3. The predicted octanol–water partition coefficient (Wildman–Crippen LogP) is 12.8. The monoisotopic (exact) mass is 704 g/mol. The minimum atomic E-state index is 0.526. The Morgan fingerprint density at radius 3 is 1.22 bits per heavy atom. The lowest BCUT2D eigenvalue weighted by Gasteiger charge is -2.10. The Hall–Kier alpha value is -7.50. The van der Waals surface area contributed by atoms with Crippen molar-refractivity contribution in [3.63, 3.8) is 0 Å². The highest BCUT2D eigenvalue weighted by Gasteiger charge is 2.20. The van der Waals surface area contributed by atoms with E-state index in [1.807, 2.05) is 24.4 Å². The van der Waals surface area contributed by atoms with Crippen molar-refractivity contribution in [3.05, 3.63) is 194 Å². The van der Waals surface area contributed by atoms with Crippen LogP contribution in [0.25, 0.3) is 101 Å². The van der Waals surface area contributed by atoms with Gasteiger partial charge >= 0.3 is 0 Å². The number of nitrogens with zero attached hydrogens (tertiary/aromatic N) is 4. The first-order chi connectivity index (χ1) is 27.2. The number of furan rings is 1. The van der Waals surface area contributed by atoms with Gasteiger partial charge in [0.2, 0.25) is 0 Å². The highest BCUT2D eigenvalue weighted by Crippen LogP contribution is 2.40. The molecule has 0 unspecified atom stereocenters. The van der Waals surface area contributed by atoms with E-state index < -0.39 is 0 Å². The maximum atomic E-state index is 6.62. The molecule has 0 saturated heterocycles. The van der Waals surface area contributed by atoms with Crippen LogP contribution in [0.4, 0.5) is 0 Å². The maximum absolute atomic E-state index is 6.62. The van der Waals surface area contributed by atoms with E-state index in [2.05, 4.69) is 169 Å². The van der Waals surface area contributed by atoms with Crippen molar-refractivity contribution >= 4 is 21.9 Å². The summed E-state index contributed by atoms with van der Waals surface area (Å²) in [5.74, 6) is 1.68. The van der Waals surface area contributed by atoms with Gasteiger partial charge in [-0.05, 0) is 38.9 Å². The zero-order valence-corrected chi connectivity index (χ0v) is 29.7. The molecule has 10 rings (SSSR count). The number of para-hydroxylation sites is 1. The third kappa shape index (κ3) is 6.14. The first kappa shape index (κ1) is 32.2. The standard InChI is InChI=1S/C50H32N4O/c1-4-11-33(12-5-1)36-19-25-39(26-20-36)42-17-10-18-43-46-44(31-51-32-45(46)55-47(42)43)50-53-48(40-27-21-37(22-28-40)34-13-6-2-7-14-34)52-49(54-50)41-29-23-38(24-30-41)35-15-8-3-9-16-35/h1-32H. The molecule has 0 fully saturated rings. The van der Waals surface area contributed by atoms with Gasteiger partial charge in [-0.25, -0.2) is 15.0 Å². The number of rotatable bonds is 7. The summed E-state index contributed by atoms with van der Waals surface area (Å²) in [6.45, 7) is 0. The molecule has 3 aromatic heterocycles. The van der Waals surface area contributed by atoms with Crippen LogP contribution in [0.3, 0.4) is 0 Å². The molecule has 0 N–H and O–H groups in total. The fourth-order valence-corrected chi connectivity index (χ4v) is 7.26. The van der Waals surface area contributed by atoms with Crippen molar-refractivity contribution in [2.45, 2.75) is 0 Å². The van der Waals surface area contributed by atoms with Crippen LogP contribution in [-0.2, 0) is 0 Å². The number of hydrogen-bond acceptors (Lipinski definition) is 5. The molecule has 0 amide bonds. The van der Waals surface area contributed by atoms with Crippen molar-refractivity contribution in [1.82, 2.24) is 19.9 Å². The minimum Gasteiger partial charge on any atom is -0.454 e. The minimum absolute atomic E-state index is 0.526. The molecule has 0 spiro atoms. The molecule has 0 radical (unpaired) electrons. The summed E-state index contributed by atoms with van der Waals surface area (Å²) in [4.78, 5) is 19.9. The number of benzene rings is 7. The normalized spacial score (nSPS) is 11.3. The van der Waals surface area contributed by atoms with E-state index >= 15 is 0 Å². The first-order valence-electron chi connectivity index (χ1n) is 18.3. The zero-order chi connectivity index (χ0) is 36.6. The van der Waals surface area contributed by atoms with E-state index in [1.165, 1.54) is 11.1 Å². The summed E-state index contributed by atoms with van der Waals surface area (Å²) < 4.78 is 6.62. The molecule has 0 aliphatic rings. The summed E-state index contributed by atoms with van der Waals surface area (Å²) in [6.07, 6.45) is 3.60. The third-order valence-electron chi connectivity index (χ3n) is 10.1. The predicted molar refractivity (Wildman–Crippen MR) is 223 cm³/mol. The summed E-state index contributed by atoms with van der Waals surface area (Å²) in [7, 11) is 0. The van der Waals surface area contributed by atoms with Crippen molar-refractivity contribution < 1.29 is 4.42 Å². The van der Waals surface area contributed by atoms with Gasteiger partial charge < -0.3 is 4.42 Å². The van der Waals surface area contributed by atoms with E-state index in [4.69, 9.17) is 19.4 Å². The van der Waals surface area contributed by atoms with Gasteiger partial charge in [-0.15, -0.1) is 0 Å². The van der Waals surface area contributed by atoms with Crippen LogP contribution in [-0.4, -0.2) is 19.9 Å².